The molecule has 1 atom stereocenters. The SMILES string of the molecule is CC(=O)N[C@@H](C)c1ccc(C(=O)CSc2nccn2-c2ccc(C)cc2C)cc1. The van der Waals surface area contributed by atoms with Gasteiger partial charge in [-0.05, 0) is 38.0 Å². The minimum absolute atomic E-state index is 0.0453. The number of carbonyl (C=O) groups excluding carboxylic acids is 2. The molecular formula is C23H25N3O2S. The number of hydrogen-bond donors (Lipinski definition) is 1. The number of hydrogen-bond acceptors (Lipinski definition) is 4. The first-order chi connectivity index (χ1) is 13.8. The van der Waals surface area contributed by atoms with E-state index in [9.17, 15) is 9.59 Å². The Morgan fingerprint density at radius 3 is 2.52 bits per heavy atom. The lowest BCUT2D eigenvalue weighted by molar-refractivity contribution is -0.119. The molecule has 1 aromatic heterocycles. The highest BCUT2D eigenvalue weighted by molar-refractivity contribution is 7.99. The molecule has 0 aliphatic heterocycles. The molecule has 0 aliphatic carbocycles. The summed E-state index contributed by atoms with van der Waals surface area (Å²) in [5.74, 6) is 0.278. The molecule has 0 unspecified atom stereocenters. The van der Waals surface area contributed by atoms with Crippen molar-refractivity contribution < 1.29 is 9.59 Å². The van der Waals surface area contributed by atoms with E-state index < -0.39 is 0 Å². The van der Waals surface area contributed by atoms with Gasteiger partial charge in [-0.15, -0.1) is 0 Å². The molecule has 150 valence electrons. The lowest BCUT2D eigenvalue weighted by Gasteiger charge is -2.13. The first-order valence-electron chi connectivity index (χ1n) is 9.49. The van der Waals surface area contributed by atoms with Crippen LogP contribution in [0.2, 0.25) is 0 Å². The second kappa shape index (κ2) is 9.09. The van der Waals surface area contributed by atoms with Gasteiger partial charge in [0.05, 0.1) is 17.5 Å². The molecule has 0 fully saturated rings. The summed E-state index contributed by atoms with van der Waals surface area (Å²) in [7, 11) is 0. The molecule has 0 radical (unpaired) electrons. The van der Waals surface area contributed by atoms with Crippen LogP contribution in [0.5, 0.6) is 0 Å². The first-order valence-corrected chi connectivity index (χ1v) is 10.5. The lowest BCUT2D eigenvalue weighted by Crippen LogP contribution is -2.23. The van der Waals surface area contributed by atoms with Crippen LogP contribution < -0.4 is 5.32 Å². The quantitative estimate of drug-likeness (QED) is 0.457. The van der Waals surface area contributed by atoms with Crippen LogP contribution in [0.3, 0.4) is 0 Å². The van der Waals surface area contributed by atoms with Crippen LogP contribution in [0.4, 0.5) is 0 Å². The number of benzene rings is 2. The molecule has 1 amide bonds. The van der Waals surface area contributed by atoms with Gasteiger partial charge in [0.1, 0.15) is 0 Å². The molecule has 0 spiro atoms. The minimum Gasteiger partial charge on any atom is -0.350 e. The number of ketones is 1. The molecular weight excluding hydrogens is 382 g/mol. The molecule has 0 bridgehead atoms. The number of aromatic nitrogens is 2. The van der Waals surface area contributed by atoms with Crippen LogP contribution in [0, 0.1) is 13.8 Å². The summed E-state index contributed by atoms with van der Waals surface area (Å²) in [5, 5.41) is 3.63. The Kier molecular flexibility index (Phi) is 6.54. The van der Waals surface area contributed by atoms with E-state index in [2.05, 4.69) is 42.3 Å². The minimum atomic E-state index is -0.0868. The van der Waals surface area contributed by atoms with Crippen molar-refractivity contribution in [3.8, 4) is 5.69 Å². The van der Waals surface area contributed by atoms with Gasteiger partial charge in [0.2, 0.25) is 5.91 Å². The van der Waals surface area contributed by atoms with E-state index >= 15 is 0 Å². The van der Waals surface area contributed by atoms with Crippen LogP contribution in [0.15, 0.2) is 60.0 Å². The van der Waals surface area contributed by atoms with E-state index in [1.54, 1.807) is 6.20 Å². The molecule has 5 nitrogen and oxygen atoms in total. The maximum absolute atomic E-state index is 12.6. The standard InChI is InChI=1S/C23H25N3O2S/c1-15-5-10-21(16(2)13-15)26-12-11-24-23(26)29-14-22(28)20-8-6-19(7-9-20)17(3)25-18(4)27/h5-13,17H,14H2,1-4H3,(H,25,27)/t17-/m0/s1. The second-order valence-electron chi connectivity index (χ2n) is 7.13. The van der Waals surface area contributed by atoms with Crippen molar-refractivity contribution in [1.29, 1.82) is 0 Å². The van der Waals surface area contributed by atoms with Crippen LogP contribution in [-0.2, 0) is 4.79 Å². The molecule has 29 heavy (non-hydrogen) atoms. The molecule has 0 aliphatic rings. The summed E-state index contributed by atoms with van der Waals surface area (Å²) < 4.78 is 2.02. The third-order valence-electron chi connectivity index (χ3n) is 4.70. The maximum Gasteiger partial charge on any atom is 0.217 e. The van der Waals surface area contributed by atoms with Crippen molar-refractivity contribution in [2.75, 3.05) is 5.75 Å². The molecule has 1 heterocycles. The fraction of sp³-hybridized carbons (Fsp3) is 0.261. The summed E-state index contributed by atoms with van der Waals surface area (Å²) in [6.07, 6.45) is 3.67. The predicted octanol–water partition coefficient (Wildman–Crippen LogP) is 4.66. The Labute approximate surface area is 175 Å². The molecule has 6 heteroatoms. The molecule has 3 aromatic rings. The normalized spacial score (nSPS) is 11.9. The highest BCUT2D eigenvalue weighted by Crippen LogP contribution is 2.24. The number of amides is 1. The summed E-state index contributed by atoms with van der Waals surface area (Å²) in [5.41, 5.74) is 5.07. The van der Waals surface area contributed by atoms with Crippen LogP contribution in [0.1, 0.15) is 46.9 Å². The van der Waals surface area contributed by atoms with Crippen molar-refractivity contribution in [2.24, 2.45) is 0 Å². The van der Waals surface area contributed by atoms with E-state index in [-0.39, 0.29) is 17.7 Å². The number of Topliss-reactive ketones (excluding diaryl/α,β-unsaturated/α-hetero) is 1. The fourth-order valence-corrected chi connectivity index (χ4v) is 4.08. The Hall–Kier alpha value is -2.86. The van der Waals surface area contributed by atoms with Gasteiger partial charge >= 0.3 is 0 Å². The van der Waals surface area contributed by atoms with Gasteiger partial charge in [-0.1, -0.05) is 53.7 Å². The van der Waals surface area contributed by atoms with E-state index in [1.807, 2.05) is 42.0 Å². The maximum atomic E-state index is 12.6. The van der Waals surface area contributed by atoms with E-state index in [1.165, 1.54) is 29.8 Å². The van der Waals surface area contributed by atoms with Gasteiger partial charge in [0, 0.05) is 24.9 Å². The third-order valence-corrected chi connectivity index (χ3v) is 5.67. The number of nitrogens with zero attached hydrogens (tertiary/aromatic N) is 2. The summed E-state index contributed by atoms with van der Waals surface area (Å²) >= 11 is 1.43. The smallest absolute Gasteiger partial charge is 0.217 e. The highest BCUT2D eigenvalue weighted by Gasteiger charge is 2.13. The van der Waals surface area contributed by atoms with E-state index in [4.69, 9.17) is 0 Å². The number of carbonyl (C=O) groups is 2. The van der Waals surface area contributed by atoms with Gasteiger partial charge in [-0.3, -0.25) is 14.2 Å². The average molecular weight is 408 g/mol. The number of thioether (sulfide) groups is 1. The molecule has 3 rings (SSSR count). The van der Waals surface area contributed by atoms with E-state index in [0.717, 1.165) is 16.4 Å². The summed E-state index contributed by atoms with van der Waals surface area (Å²) in [6.45, 7) is 7.56. The Bertz CT molecular complexity index is 1020. The van der Waals surface area contributed by atoms with Crippen LogP contribution >= 0.6 is 11.8 Å². The fourth-order valence-electron chi connectivity index (χ4n) is 3.21. The Morgan fingerprint density at radius 2 is 1.86 bits per heavy atom. The zero-order chi connectivity index (χ0) is 21.0. The van der Waals surface area contributed by atoms with Crippen molar-refractivity contribution in [1.82, 2.24) is 14.9 Å². The highest BCUT2D eigenvalue weighted by atomic mass is 32.2. The van der Waals surface area contributed by atoms with Crippen molar-refractivity contribution >= 4 is 23.5 Å². The number of aryl methyl sites for hydroxylation is 2. The predicted molar refractivity (Wildman–Crippen MR) is 117 cm³/mol. The summed E-state index contributed by atoms with van der Waals surface area (Å²) in [4.78, 5) is 28.2. The molecule has 2 aromatic carbocycles. The number of imidazole rings is 1. The number of nitrogens with one attached hydrogen (secondary N) is 1. The number of rotatable bonds is 7. The Morgan fingerprint density at radius 1 is 1.14 bits per heavy atom. The third kappa shape index (κ3) is 5.15. The van der Waals surface area contributed by atoms with E-state index in [0.29, 0.717) is 11.3 Å². The zero-order valence-electron chi connectivity index (χ0n) is 17.1. The van der Waals surface area contributed by atoms with Crippen LogP contribution in [0.25, 0.3) is 5.69 Å². The molecule has 0 saturated carbocycles. The largest absolute Gasteiger partial charge is 0.350 e. The van der Waals surface area contributed by atoms with Gasteiger partial charge in [-0.25, -0.2) is 4.98 Å². The first kappa shape index (κ1) is 20.9. The second-order valence-corrected chi connectivity index (χ2v) is 8.07. The topological polar surface area (TPSA) is 64.0 Å². The average Bonchev–Trinajstić information content (AvgIpc) is 3.14. The van der Waals surface area contributed by atoms with Gasteiger partial charge in [-0.2, -0.15) is 0 Å². The summed E-state index contributed by atoms with van der Waals surface area (Å²) in [6, 6.07) is 13.6. The van der Waals surface area contributed by atoms with Crippen molar-refractivity contribution in [2.45, 2.75) is 38.9 Å². The molecule has 0 saturated heterocycles. The van der Waals surface area contributed by atoms with Crippen LogP contribution in [-0.4, -0.2) is 27.0 Å². The lowest BCUT2D eigenvalue weighted by atomic mass is 10.0. The Balaban J connectivity index is 1.67. The zero-order valence-corrected chi connectivity index (χ0v) is 17.9. The van der Waals surface area contributed by atoms with Crippen molar-refractivity contribution in [3.63, 3.8) is 0 Å². The van der Waals surface area contributed by atoms with Gasteiger partial charge < -0.3 is 5.32 Å². The van der Waals surface area contributed by atoms with Gasteiger partial charge in [0.25, 0.3) is 0 Å². The molecule has 1 N–H and O–H groups in total. The van der Waals surface area contributed by atoms with Crippen molar-refractivity contribution in [3.05, 3.63) is 77.1 Å². The van der Waals surface area contributed by atoms with Gasteiger partial charge in [0.15, 0.2) is 10.9 Å². The monoisotopic (exact) mass is 407 g/mol.